The molecular weight excluding hydrogens is 342 g/mol. The van der Waals surface area contributed by atoms with E-state index >= 15 is 0 Å². The Hall–Kier alpha value is -3.54. The summed E-state index contributed by atoms with van der Waals surface area (Å²) >= 11 is 0. The number of carbonyl (C=O) groups is 2. The van der Waals surface area contributed by atoms with Crippen molar-refractivity contribution in [1.82, 2.24) is 9.97 Å². The lowest BCUT2D eigenvalue weighted by atomic mass is 10.1. The first kappa shape index (κ1) is 18.3. The molecule has 0 fully saturated rings. The first-order chi connectivity index (χ1) is 13.1. The summed E-state index contributed by atoms with van der Waals surface area (Å²) in [6.45, 7) is 3.51. The highest BCUT2D eigenvalue weighted by molar-refractivity contribution is 5.96. The van der Waals surface area contributed by atoms with Gasteiger partial charge < -0.3 is 10.1 Å². The predicted molar refractivity (Wildman–Crippen MR) is 103 cm³/mol. The number of carbonyl (C=O) groups excluding carboxylic acids is 2. The molecule has 6 heteroatoms. The number of esters is 1. The molecule has 1 heterocycles. The Kier molecular flexibility index (Phi) is 5.56. The molecule has 1 aromatic heterocycles. The summed E-state index contributed by atoms with van der Waals surface area (Å²) in [5.74, 6) is 0.325. The van der Waals surface area contributed by atoms with Crippen LogP contribution < -0.4 is 5.32 Å². The number of nitrogens with one attached hydrogen (secondary N) is 1. The van der Waals surface area contributed by atoms with Crippen LogP contribution in [0, 0.1) is 0 Å². The van der Waals surface area contributed by atoms with Crippen LogP contribution in [0.4, 0.5) is 11.5 Å². The van der Waals surface area contributed by atoms with Gasteiger partial charge in [-0.1, -0.05) is 30.3 Å². The first-order valence-corrected chi connectivity index (χ1v) is 8.56. The van der Waals surface area contributed by atoms with Crippen molar-refractivity contribution in [2.75, 3.05) is 11.9 Å². The molecule has 0 radical (unpaired) electrons. The maximum absolute atomic E-state index is 12.3. The van der Waals surface area contributed by atoms with E-state index in [1.54, 1.807) is 31.2 Å². The van der Waals surface area contributed by atoms with Gasteiger partial charge in [0.15, 0.2) is 11.6 Å². The number of nitrogens with zero attached hydrogens (tertiary/aromatic N) is 2. The standard InChI is InChI=1S/C21H19N3O3/c1-3-27-21(26)18-13-22-19(16-7-5-4-6-8-16)24-20(18)23-17-11-9-15(10-12-17)14(2)25/h4-13H,3H2,1-2H3,(H,22,23,24). The molecule has 0 saturated heterocycles. The van der Waals surface area contributed by atoms with E-state index in [-0.39, 0.29) is 18.0 Å². The van der Waals surface area contributed by atoms with Gasteiger partial charge in [0, 0.05) is 23.0 Å². The summed E-state index contributed by atoms with van der Waals surface area (Å²) in [5, 5.41) is 3.12. The van der Waals surface area contributed by atoms with Crippen LogP contribution in [-0.2, 0) is 4.74 Å². The van der Waals surface area contributed by atoms with Gasteiger partial charge in [0.05, 0.1) is 6.61 Å². The van der Waals surface area contributed by atoms with Crippen LogP contribution in [0.2, 0.25) is 0 Å². The summed E-state index contributed by atoms with van der Waals surface area (Å²) in [6.07, 6.45) is 1.46. The lowest BCUT2D eigenvalue weighted by Gasteiger charge is -2.12. The summed E-state index contributed by atoms with van der Waals surface area (Å²) in [4.78, 5) is 32.5. The number of aromatic nitrogens is 2. The molecule has 6 nitrogen and oxygen atoms in total. The molecule has 136 valence electrons. The van der Waals surface area contributed by atoms with Crippen LogP contribution >= 0.6 is 0 Å². The van der Waals surface area contributed by atoms with Crippen molar-refractivity contribution in [2.24, 2.45) is 0 Å². The Balaban J connectivity index is 1.98. The number of ketones is 1. The molecule has 0 spiro atoms. The maximum Gasteiger partial charge on any atom is 0.343 e. The largest absolute Gasteiger partial charge is 0.462 e. The van der Waals surface area contributed by atoms with Crippen molar-refractivity contribution in [3.8, 4) is 11.4 Å². The summed E-state index contributed by atoms with van der Waals surface area (Å²) in [6, 6.07) is 16.4. The van der Waals surface area contributed by atoms with Crippen molar-refractivity contribution < 1.29 is 14.3 Å². The minimum atomic E-state index is -0.500. The van der Waals surface area contributed by atoms with Gasteiger partial charge in [-0.3, -0.25) is 4.79 Å². The number of hydrogen-bond donors (Lipinski definition) is 1. The second-order valence-corrected chi connectivity index (χ2v) is 5.80. The molecular formula is C21H19N3O3. The quantitative estimate of drug-likeness (QED) is 0.522. The normalized spacial score (nSPS) is 10.3. The molecule has 0 aliphatic rings. The number of Topliss-reactive ketones (excluding diaryl/α,β-unsaturated/α-hetero) is 1. The Morgan fingerprint density at radius 3 is 2.37 bits per heavy atom. The van der Waals surface area contributed by atoms with E-state index in [9.17, 15) is 9.59 Å². The van der Waals surface area contributed by atoms with E-state index in [0.29, 0.717) is 22.9 Å². The van der Waals surface area contributed by atoms with Crippen LogP contribution in [0.5, 0.6) is 0 Å². The van der Waals surface area contributed by atoms with Gasteiger partial charge in [0.25, 0.3) is 0 Å². The highest BCUT2D eigenvalue weighted by Crippen LogP contribution is 2.23. The predicted octanol–water partition coefficient (Wildman–Crippen LogP) is 4.27. The topological polar surface area (TPSA) is 81.2 Å². The molecule has 0 atom stereocenters. The first-order valence-electron chi connectivity index (χ1n) is 8.56. The van der Waals surface area contributed by atoms with Crippen molar-refractivity contribution in [3.05, 3.63) is 71.9 Å². The molecule has 0 aliphatic carbocycles. The number of ether oxygens (including phenoxy) is 1. The van der Waals surface area contributed by atoms with Crippen LogP contribution in [0.1, 0.15) is 34.6 Å². The zero-order chi connectivity index (χ0) is 19.2. The third-order valence-corrected chi connectivity index (χ3v) is 3.87. The Morgan fingerprint density at radius 1 is 1.04 bits per heavy atom. The number of hydrogen-bond acceptors (Lipinski definition) is 6. The van der Waals surface area contributed by atoms with Gasteiger partial charge in [0.2, 0.25) is 0 Å². The summed E-state index contributed by atoms with van der Waals surface area (Å²) < 4.78 is 5.10. The lowest BCUT2D eigenvalue weighted by molar-refractivity contribution is 0.0526. The molecule has 0 unspecified atom stereocenters. The molecule has 0 amide bonds. The Morgan fingerprint density at radius 2 is 1.74 bits per heavy atom. The average molecular weight is 361 g/mol. The second kappa shape index (κ2) is 8.23. The van der Waals surface area contributed by atoms with Gasteiger partial charge in [-0.2, -0.15) is 0 Å². The number of anilines is 2. The van der Waals surface area contributed by atoms with Gasteiger partial charge in [0.1, 0.15) is 11.4 Å². The molecule has 3 aromatic rings. The van der Waals surface area contributed by atoms with E-state index in [2.05, 4.69) is 15.3 Å². The van der Waals surface area contributed by atoms with Crippen molar-refractivity contribution in [2.45, 2.75) is 13.8 Å². The number of benzene rings is 2. The zero-order valence-corrected chi connectivity index (χ0v) is 15.1. The Labute approximate surface area is 157 Å². The molecule has 0 saturated carbocycles. The summed E-state index contributed by atoms with van der Waals surface area (Å²) in [7, 11) is 0. The second-order valence-electron chi connectivity index (χ2n) is 5.80. The third-order valence-electron chi connectivity index (χ3n) is 3.87. The van der Waals surface area contributed by atoms with E-state index in [1.165, 1.54) is 13.1 Å². The molecule has 0 aliphatic heterocycles. The van der Waals surface area contributed by atoms with Crippen molar-refractivity contribution in [3.63, 3.8) is 0 Å². The minimum absolute atomic E-state index is 0.0119. The fourth-order valence-corrected chi connectivity index (χ4v) is 2.49. The van der Waals surface area contributed by atoms with Crippen LogP contribution in [0.25, 0.3) is 11.4 Å². The highest BCUT2D eigenvalue weighted by Gasteiger charge is 2.17. The molecule has 1 N–H and O–H groups in total. The maximum atomic E-state index is 12.3. The van der Waals surface area contributed by atoms with Crippen molar-refractivity contribution >= 4 is 23.3 Å². The van der Waals surface area contributed by atoms with Crippen LogP contribution in [-0.4, -0.2) is 28.3 Å². The highest BCUT2D eigenvalue weighted by atomic mass is 16.5. The van der Waals surface area contributed by atoms with E-state index in [0.717, 1.165) is 5.56 Å². The van der Waals surface area contributed by atoms with Crippen molar-refractivity contribution in [1.29, 1.82) is 0 Å². The molecule has 2 aromatic carbocycles. The van der Waals surface area contributed by atoms with Crippen LogP contribution in [0.15, 0.2) is 60.8 Å². The van der Waals surface area contributed by atoms with E-state index in [4.69, 9.17) is 4.74 Å². The van der Waals surface area contributed by atoms with Gasteiger partial charge in [-0.15, -0.1) is 0 Å². The Bertz CT molecular complexity index is 954. The fourth-order valence-electron chi connectivity index (χ4n) is 2.49. The van der Waals surface area contributed by atoms with E-state index < -0.39 is 5.97 Å². The summed E-state index contributed by atoms with van der Waals surface area (Å²) in [5.41, 5.74) is 2.39. The van der Waals surface area contributed by atoms with Crippen LogP contribution in [0.3, 0.4) is 0 Å². The molecule has 27 heavy (non-hydrogen) atoms. The zero-order valence-electron chi connectivity index (χ0n) is 15.1. The molecule has 0 bridgehead atoms. The average Bonchev–Trinajstić information content (AvgIpc) is 2.69. The molecule has 3 rings (SSSR count). The van der Waals surface area contributed by atoms with Gasteiger partial charge in [-0.25, -0.2) is 14.8 Å². The fraction of sp³-hybridized carbons (Fsp3) is 0.143. The van der Waals surface area contributed by atoms with Gasteiger partial charge in [-0.05, 0) is 38.1 Å². The SMILES string of the molecule is CCOC(=O)c1cnc(-c2ccccc2)nc1Nc1ccc(C(C)=O)cc1. The lowest BCUT2D eigenvalue weighted by Crippen LogP contribution is -2.11. The third kappa shape index (κ3) is 4.36. The monoisotopic (exact) mass is 361 g/mol. The van der Waals surface area contributed by atoms with Gasteiger partial charge >= 0.3 is 5.97 Å². The minimum Gasteiger partial charge on any atom is -0.462 e. The van der Waals surface area contributed by atoms with E-state index in [1.807, 2.05) is 30.3 Å². The number of rotatable bonds is 6. The smallest absolute Gasteiger partial charge is 0.343 e.